The third kappa shape index (κ3) is 5.62. The van der Waals surface area contributed by atoms with Crippen LogP contribution in [-0.2, 0) is 16.7 Å². The third-order valence-electron chi connectivity index (χ3n) is 3.66. The fourth-order valence-corrected chi connectivity index (χ4v) is 2.29. The highest BCUT2D eigenvalue weighted by molar-refractivity contribution is 5.76. The van der Waals surface area contributed by atoms with Gasteiger partial charge in [-0.15, -0.1) is 0 Å². The van der Waals surface area contributed by atoms with Gasteiger partial charge in [0.15, 0.2) is 11.5 Å². The van der Waals surface area contributed by atoms with E-state index >= 15 is 0 Å². The summed E-state index contributed by atoms with van der Waals surface area (Å²) >= 11 is 0. The summed E-state index contributed by atoms with van der Waals surface area (Å²) in [5.41, 5.74) is 2.92. The van der Waals surface area contributed by atoms with E-state index in [0.717, 1.165) is 18.2 Å². The van der Waals surface area contributed by atoms with Gasteiger partial charge in [-0.05, 0) is 18.2 Å². The Labute approximate surface area is 174 Å². The molecule has 31 heavy (non-hydrogen) atoms. The largest absolute Gasteiger partial charge is 0.504 e. The molecule has 2 aromatic rings. The summed E-state index contributed by atoms with van der Waals surface area (Å²) in [6, 6.07) is 3.71. The van der Waals surface area contributed by atoms with Crippen LogP contribution in [-0.4, -0.2) is 53.3 Å². The van der Waals surface area contributed by atoms with Crippen molar-refractivity contribution in [2.75, 3.05) is 6.54 Å². The zero-order valence-corrected chi connectivity index (χ0v) is 16.4. The molecule has 2 rings (SSSR count). The van der Waals surface area contributed by atoms with Crippen molar-refractivity contribution >= 4 is 5.91 Å². The maximum atomic E-state index is 13.3. The summed E-state index contributed by atoms with van der Waals surface area (Å²) in [6.45, 7) is 3.14. The summed E-state index contributed by atoms with van der Waals surface area (Å²) in [4.78, 5) is 10.8. The number of aliphatic hydroxyl groups is 4. The van der Waals surface area contributed by atoms with Crippen LogP contribution in [0.25, 0.3) is 0 Å². The molecule has 0 bridgehead atoms. The molecule has 0 aliphatic rings. The van der Waals surface area contributed by atoms with Gasteiger partial charge in [0.25, 0.3) is 5.91 Å². The van der Waals surface area contributed by atoms with Crippen molar-refractivity contribution in [1.82, 2.24) is 5.32 Å². The van der Waals surface area contributed by atoms with E-state index in [0.29, 0.717) is 6.07 Å². The number of halogens is 1. The van der Waals surface area contributed by atoms with E-state index in [9.17, 15) is 50.0 Å². The first-order chi connectivity index (χ1) is 14.3. The lowest BCUT2D eigenvalue weighted by atomic mass is 10.1. The van der Waals surface area contributed by atoms with Crippen LogP contribution in [0.4, 0.5) is 4.39 Å². The number of phenolic OH excluding ortho intramolecular Hbond substituents is 4. The molecule has 0 radical (unpaired) electrons. The predicted molar refractivity (Wildman–Crippen MR) is 101 cm³/mol. The number of phenols is 4. The highest BCUT2D eigenvalue weighted by atomic mass is 19.1. The number of hydrogen-bond acceptors (Lipinski definition) is 11. The van der Waals surface area contributed by atoms with Gasteiger partial charge in [0.1, 0.15) is 11.4 Å². The molecule has 0 heterocycles. The Morgan fingerprint density at radius 2 is 1.55 bits per heavy atom. The van der Waals surface area contributed by atoms with E-state index in [4.69, 9.17) is 5.73 Å². The van der Waals surface area contributed by atoms with Gasteiger partial charge < -0.3 is 51.3 Å². The molecule has 12 nitrogen and oxygen atoms in total. The molecule has 0 aromatic heterocycles. The van der Waals surface area contributed by atoms with Gasteiger partial charge in [0, 0.05) is 0 Å². The quantitative estimate of drug-likeness (QED) is 0.141. The van der Waals surface area contributed by atoms with Crippen molar-refractivity contribution in [3.63, 3.8) is 0 Å². The minimum absolute atomic E-state index is 0.596. The molecule has 172 valence electrons. The van der Waals surface area contributed by atoms with Crippen LogP contribution in [0, 0.1) is 5.82 Å². The number of hydrogen-bond donors (Lipinski definition) is 10. The Bertz CT molecular complexity index is 920. The summed E-state index contributed by atoms with van der Waals surface area (Å²) in [6.07, 6.45) is 0. The van der Waals surface area contributed by atoms with Gasteiger partial charge in [-0.3, -0.25) is 10.1 Å². The van der Waals surface area contributed by atoms with Gasteiger partial charge >= 0.3 is 5.97 Å². The van der Waals surface area contributed by atoms with Crippen molar-refractivity contribution in [3.05, 3.63) is 41.2 Å². The molecule has 0 atom stereocenters. The Morgan fingerprint density at radius 3 is 2.00 bits per heavy atom. The summed E-state index contributed by atoms with van der Waals surface area (Å²) < 4.78 is 17.9. The summed E-state index contributed by atoms with van der Waals surface area (Å²) in [5, 5.41) is 81.5. The number of nitrogens with one attached hydrogen (secondary N) is 1. The van der Waals surface area contributed by atoms with Crippen LogP contribution in [0.1, 0.15) is 25.0 Å². The van der Waals surface area contributed by atoms with Gasteiger partial charge in [-0.2, -0.15) is 0 Å². The number of aromatic hydroxyl groups is 4. The first-order valence-electron chi connectivity index (χ1n) is 8.66. The lowest BCUT2D eigenvalue weighted by molar-refractivity contribution is -0.305. The van der Waals surface area contributed by atoms with E-state index in [-0.39, 0.29) is 0 Å². The molecule has 1 amide bonds. The summed E-state index contributed by atoms with van der Waals surface area (Å²) in [5.74, 6) is -15.9. The molecule has 11 N–H and O–H groups in total. The van der Waals surface area contributed by atoms with Crippen molar-refractivity contribution in [2.45, 2.75) is 25.7 Å². The average Bonchev–Trinajstić information content (AvgIpc) is 2.70. The standard InChI is InChI=1S/C16H17FN2O10.C2H6/c17-7-3-1-2-6(4-7)16(27,28)29-14-12(23)10(21)9(11(22)13(14)24)15(25,26)19-5-8(18)20;1-2/h1-4,19,21-28H,5H2,(H2,18,20);1-2H3. The highest BCUT2D eigenvalue weighted by Gasteiger charge is 2.40. The van der Waals surface area contributed by atoms with E-state index in [1.54, 1.807) is 5.32 Å². The normalized spacial score (nSPS) is 11.5. The number of amides is 1. The molecule has 0 saturated carbocycles. The lowest BCUT2D eigenvalue weighted by Crippen LogP contribution is -2.46. The van der Waals surface area contributed by atoms with Crippen LogP contribution in [0.5, 0.6) is 28.7 Å². The van der Waals surface area contributed by atoms with Gasteiger partial charge in [0.2, 0.25) is 23.2 Å². The Kier molecular flexibility index (Phi) is 7.98. The second-order valence-electron chi connectivity index (χ2n) is 5.81. The van der Waals surface area contributed by atoms with E-state index in [2.05, 4.69) is 4.74 Å². The molecular formula is C18H23FN2O10. The van der Waals surface area contributed by atoms with Crippen LogP contribution in [0.3, 0.4) is 0 Å². The second kappa shape index (κ2) is 9.63. The monoisotopic (exact) mass is 446 g/mol. The number of primary amides is 1. The fourth-order valence-electron chi connectivity index (χ4n) is 2.29. The molecule has 2 aromatic carbocycles. The van der Waals surface area contributed by atoms with Gasteiger partial charge in [-0.25, -0.2) is 4.39 Å². The number of carbonyl (C=O) groups excluding carboxylic acids is 1. The number of rotatable bonds is 7. The van der Waals surface area contributed by atoms with Gasteiger partial charge in [0.05, 0.1) is 12.1 Å². The number of nitrogens with two attached hydrogens (primary N) is 1. The predicted octanol–water partition coefficient (Wildman–Crippen LogP) is -0.982. The van der Waals surface area contributed by atoms with Crippen LogP contribution >= 0.6 is 0 Å². The van der Waals surface area contributed by atoms with E-state index in [1.165, 1.54) is 0 Å². The Balaban J connectivity index is 0.00000233. The topological polar surface area (TPSA) is 226 Å². The molecule has 0 saturated heterocycles. The molecule has 0 aliphatic heterocycles. The molecule has 13 heteroatoms. The van der Waals surface area contributed by atoms with Crippen molar-refractivity contribution in [3.8, 4) is 28.7 Å². The summed E-state index contributed by atoms with van der Waals surface area (Å²) in [7, 11) is 0. The third-order valence-corrected chi connectivity index (χ3v) is 3.66. The molecule has 0 fully saturated rings. The highest BCUT2D eigenvalue weighted by Crippen LogP contribution is 2.54. The Hall–Kier alpha value is -3.36. The maximum absolute atomic E-state index is 13.3. The van der Waals surface area contributed by atoms with E-state index < -0.39 is 70.0 Å². The average molecular weight is 446 g/mol. The first kappa shape index (κ1) is 25.7. The van der Waals surface area contributed by atoms with Crippen LogP contribution in [0.15, 0.2) is 24.3 Å². The SMILES string of the molecule is CC.NC(=O)CNC(O)(O)c1c(O)c(O)c(OC(O)(O)c2cccc(F)c2)c(O)c1O. The molecular weight excluding hydrogens is 423 g/mol. The smallest absolute Gasteiger partial charge is 0.351 e. The second-order valence-corrected chi connectivity index (χ2v) is 5.81. The minimum atomic E-state index is -3.38. The number of benzene rings is 2. The van der Waals surface area contributed by atoms with Crippen LogP contribution < -0.4 is 15.8 Å². The zero-order valence-electron chi connectivity index (χ0n) is 16.4. The lowest BCUT2D eigenvalue weighted by Gasteiger charge is -2.28. The molecule has 0 spiro atoms. The Morgan fingerprint density at radius 1 is 1.03 bits per heavy atom. The van der Waals surface area contributed by atoms with Crippen LogP contribution in [0.2, 0.25) is 0 Å². The molecule has 0 unspecified atom stereocenters. The first-order valence-corrected chi connectivity index (χ1v) is 8.66. The number of ether oxygens (including phenoxy) is 1. The van der Waals surface area contributed by atoms with Gasteiger partial charge in [-0.1, -0.05) is 19.9 Å². The minimum Gasteiger partial charge on any atom is -0.504 e. The number of carbonyl (C=O) groups is 1. The van der Waals surface area contributed by atoms with E-state index in [1.807, 2.05) is 13.8 Å². The zero-order chi connectivity index (χ0) is 24.1. The molecule has 0 aliphatic carbocycles. The van der Waals surface area contributed by atoms with Crippen molar-refractivity contribution in [1.29, 1.82) is 0 Å². The fraction of sp³-hybridized carbons (Fsp3) is 0.278. The van der Waals surface area contributed by atoms with Crippen molar-refractivity contribution in [2.24, 2.45) is 5.73 Å². The van der Waals surface area contributed by atoms with Crippen molar-refractivity contribution < 1.29 is 54.8 Å². The maximum Gasteiger partial charge on any atom is 0.351 e.